The number of halogens is 4. The summed E-state index contributed by atoms with van der Waals surface area (Å²) < 4.78 is 39.1. The summed E-state index contributed by atoms with van der Waals surface area (Å²) in [4.78, 5) is 13.6. The Kier molecular flexibility index (Phi) is 5.66. The summed E-state index contributed by atoms with van der Waals surface area (Å²) in [6.45, 7) is 3.94. The Morgan fingerprint density at radius 1 is 1.26 bits per heavy atom. The second-order valence-corrected chi connectivity index (χ2v) is 4.77. The minimum Gasteiger partial charge on any atom is -0.336 e. The van der Waals surface area contributed by atoms with Crippen molar-refractivity contribution < 1.29 is 18.0 Å². The van der Waals surface area contributed by atoms with Gasteiger partial charge in [0, 0.05) is 24.0 Å². The van der Waals surface area contributed by atoms with Crippen LogP contribution in [-0.4, -0.2) is 29.3 Å². The predicted octanol–water partition coefficient (Wildman–Crippen LogP) is 3.58. The zero-order chi connectivity index (χ0) is 14.6. The first kappa shape index (κ1) is 15.8. The van der Waals surface area contributed by atoms with Crippen LogP contribution in [0.25, 0.3) is 0 Å². The number of carbonyl (C=O) groups is 1. The molecule has 0 heterocycles. The third-order valence-corrected chi connectivity index (χ3v) is 2.91. The van der Waals surface area contributed by atoms with Gasteiger partial charge in [-0.2, -0.15) is 0 Å². The van der Waals surface area contributed by atoms with Crippen LogP contribution in [0.15, 0.2) is 12.1 Å². The first-order valence-electron chi connectivity index (χ1n) is 5.90. The number of hydrogen-bond acceptors (Lipinski definition) is 1. The van der Waals surface area contributed by atoms with E-state index in [0.717, 1.165) is 0 Å². The summed E-state index contributed by atoms with van der Waals surface area (Å²) in [5, 5.41) is 0. The molecule has 1 rings (SSSR count). The quantitative estimate of drug-likeness (QED) is 0.600. The van der Waals surface area contributed by atoms with Gasteiger partial charge in [0.05, 0.1) is 0 Å². The maximum Gasteiger partial charge on any atom is 0.254 e. The van der Waals surface area contributed by atoms with E-state index in [1.807, 2.05) is 0 Å². The molecule has 2 nitrogen and oxygen atoms in total. The summed E-state index contributed by atoms with van der Waals surface area (Å²) in [6.07, 6.45) is 0.567. The molecule has 0 aliphatic heterocycles. The van der Waals surface area contributed by atoms with Gasteiger partial charge in [-0.15, -0.1) is 11.6 Å². The highest BCUT2D eigenvalue weighted by molar-refractivity contribution is 6.17. The van der Waals surface area contributed by atoms with E-state index >= 15 is 0 Å². The molecule has 0 atom stereocenters. The molecular formula is C13H15ClF3NO. The van der Waals surface area contributed by atoms with Gasteiger partial charge in [0.1, 0.15) is 0 Å². The monoisotopic (exact) mass is 293 g/mol. The van der Waals surface area contributed by atoms with E-state index in [9.17, 15) is 18.0 Å². The van der Waals surface area contributed by atoms with E-state index in [0.29, 0.717) is 31.0 Å². The molecule has 0 radical (unpaired) electrons. The van der Waals surface area contributed by atoms with Crippen LogP contribution in [0.3, 0.4) is 0 Å². The van der Waals surface area contributed by atoms with Crippen LogP contribution in [0.5, 0.6) is 0 Å². The first-order chi connectivity index (χ1) is 8.88. The lowest BCUT2D eigenvalue weighted by Gasteiger charge is -2.26. The Bertz CT molecular complexity index is 442. The van der Waals surface area contributed by atoms with Gasteiger partial charge in [-0.25, -0.2) is 13.2 Å². The van der Waals surface area contributed by atoms with Crippen molar-refractivity contribution in [2.75, 3.05) is 12.4 Å². The normalized spacial score (nSPS) is 10.9. The number of alkyl halides is 1. The third kappa shape index (κ3) is 3.86. The van der Waals surface area contributed by atoms with Crippen LogP contribution in [0.1, 0.15) is 30.6 Å². The smallest absolute Gasteiger partial charge is 0.254 e. The Labute approximate surface area is 115 Å². The minimum atomic E-state index is -1.58. The lowest BCUT2D eigenvalue weighted by Crippen LogP contribution is -2.38. The lowest BCUT2D eigenvalue weighted by molar-refractivity contribution is 0.0705. The molecule has 19 heavy (non-hydrogen) atoms. The summed E-state index contributed by atoms with van der Waals surface area (Å²) in [5.41, 5.74) is -0.209. The van der Waals surface area contributed by atoms with E-state index in [1.165, 1.54) is 4.90 Å². The van der Waals surface area contributed by atoms with E-state index in [1.54, 1.807) is 13.8 Å². The molecule has 0 saturated heterocycles. The van der Waals surface area contributed by atoms with Crippen LogP contribution in [-0.2, 0) is 0 Å². The van der Waals surface area contributed by atoms with Crippen LogP contribution < -0.4 is 0 Å². The molecule has 0 spiro atoms. The predicted molar refractivity (Wildman–Crippen MR) is 67.8 cm³/mol. The fourth-order valence-electron chi connectivity index (χ4n) is 1.67. The van der Waals surface area contributed by atoms with Crippen LogP contribution >= 0.6 is 11.6 Å². The SMILES string of the molecule is CC(C)N(CCCCl)C(=O)c1cc(F)c(F)c(F)c1. The Balaban J connectivity index is 3.03. The molecule has 6 heteroatoms. The van der Waals surface area contributed by atoms with Crippen molar-refractivity contribution >= 4 is 17.5 Å². The molecule has 0 unspecified atom stereocenters. The summed E-state index contributed by atoms with van der Waals surface area (Å²) in [7, 11) is 0. The topological polar surface area (TPSA) is 20.3 Å². The zero-order valence-electron chi connectivity index (χ0n) is 10.7. The second-order valence-electron chi connectivity index (χ2n) is 4.39. The number of hydrogen-bond donors (Lipinski definition) is 0. The highest BCUT2D eigenvalue weighted by Gasteiger charge is 2.21. The fraction of sp³-hybridized carbons (Fsp3) is 0.462. The lowest BCUT2D eigenvalue weighted by atomic mass is 10.1. The highest BCUT2D eigenvalue weighted by Crippen LogP contribution is 2.16. The molecule has 0 saturated carbocycles. The standard InChI is InChI=1S/C13H15ClF3NO/c1-8(2)18(5-3-4-14)13(19)9-6-10(15)12(17)11(16)7-9/h6-8H,3-5H2,1-2H3. The molecular weight excluding hydrogens is 279 g/mol. The number of benzene rings is 1. The zero-order valence-corrected chi connectivity index (χ0v) is 11.5. The molecule has 0 bridgehead atoms. The van der Waals surface area contributed by atoms with E-state index in [2.05, 4.69) is 0 Å². The van der Waals surface area contributed by atoms with Gasteiger partial charge in [-0.1, -0.05) is 0 Å². The molecule has 0 aliphatic rings. The summed E-state index contributed by atoms with van der Waals surface area (Å²) in [6, 6.07) is 1.26. The van der Waals surface area contributed by atoms with Gasteiger partial charge >= 0.3 is 0 Å². The van der Waals surface area contributed by atoms with Crippen molar-refractivity contribution in [1.29, 1.82) is 0 Å². The van der Waals surface area contributed by atoms with E-state index in [-0.39, 0.29) is 11.6 Å². The van der Waals surface area contributed by atoms with Crippen LogP contribution in [0.4, 0.5) is 13.2 Å². The Morgan fingerprint density at radius 3 is 2.21 bits per heavy atom. The number of nitrogens with zero attached hydrogens (tertiary/aromatic N) is 1. The molecule has 1 aromatic carbocycles. The maximum absolute atomic E-state index is 13.1. The largest absolute Gasteiger partial charge is 0.336 e. The van der Waals surface area contributed by atoms with E-state index in [4.69, 9.17) is 11.6 Å². The Hall–Kier alpha value is -1.23. The number of amides is 1. The van der Waals surface area contributed by atoms with Crippen molar-refractivity contribution in [1.82, 2.24) is 4.90 Å². The van der Waals surface area contributed by atoms with Gasteiger partial charge in [-0.3, -0.25) is 4.79 Å². The summed E-state index contributed by atoms with van der Waals surface area (Å²) >= 11 is 5.56. The molecule has 1 aromatic rings. The third-order valence-electron chi connectivity index (χ3n) is 2.65. The molecule has 0 N–H and O–H groups in total. The van der Waals surface area contributed by atoms with Gasteiger partial charge in [-0.05, 0) is 32.4 Å². The van der Waals surface area contributed by atoms with Gasteiger partial charge in [0.25, 0.3) is 5.91 Å². The van der Waals surface area contributed by atoms with Gasteiger partial charge in [0.2, 0.25) is 0 Å². The van der Waals surface area contributed by atoms with Crippen molar-refractivity contribution in [2.24, 2.45) is 0 Å². The molecule has 1 amide bonds. The molecule has 0 aliphatic carbocycles. The van der Waals surface area contributed by atoms with Crippen molar-refractivity contribution in [3.05, 3.63) is 35.1 Å². The van der Waals surface area contributed by atoms with Crippen molar-refractivity contribution in [3.63, 3.8) is 0 Å². The minimum absolute atomic E-state index is 0.146. The second kappa shape index (κ2) is 6.80. The van der Waals surface area contributed by atoms with Gasteiger partial charge < -0.3 is 4.90 Å². The van der Waals surface area contributed by atoms with Crippen LogP contribution in [0, 0.1) is 17.5 Å². The van der Waals surface area contributed by atoms with Crippen LogP contribution in [0.2, 0.25) is 0 Å². The Morgan fingerprint density at radius 2 is 1.79 bits per heavy atom. The van der Waals surface area contributed by atoms with Crippen molar-refractivity contribution in [2.45, 2.75) is 26.3 Å². The summed E-state index contributed by atoms with van der Waals surface area (Å²) in [5.74, 6) is -4.48. The number of rotatable bonds is 5. The number of carbonyl (C=O) groups excluding carboxylic acids is 1. The van der Waals surface area contributed by atoms with E-state index < -0.39 is 23.4 Å². The molecule has 0 fully saturated rings. The highest BCUT2D eigenvalue weighted by atomic mass is 35.5. The van der Waals surface area contributed by atoms with Crippen molar-refractivity contribution in [3.8, 4) is 0 Å². The van der Waals surface area contributed by atoms with Gasteiger partial charge in [0.15, 0.2) is 17.5 Å². The fourth-order valence-corrected chi connectivity index (χ4v) is 1.79. The average Bonchev–Trinajstić information content (AvgIpc) is 2.35. The first-order valence-corrected chi connectivity index (χ1v) is 6.43. The average molecular weight is 294 g/mol. The maximum atomic E-state index is 13.1. The molecule has 0 aromatic heterocycles. The molecule has 106 valence electrons.